The summed E-state index contributed by atoms with van der Waals surface area (Å²) in [6, 6.07) is 1.74. The number of carbonyl (C=O) groups excluding carboxylic acids is 1. The minimum atomic E-state index is -3.39. The highest BCUT2D eigenvalue weighted by Crippen LogP contribution is 2.20. The molecule has 24 heavy (non-hydrogen) atoms. The van der Waals surface area contributed by atoms with Crippen LogP contribution in [0.3, 0.4) is 0 Å². The summed E-state index contributed by atoms with van der Waals surface area (Å²) in [6.45, 7) is 6.32. The Bertz CT molecular complexity index is 699. The van der Waals surface area contributed by atoms with Crippen molar-refractivity contribution in [1.82, 2.24) is 13.5 Å². The first-order valence-corrected chi connectivity index (χ1v) is 9.91. The van der Waals surface area contributed by atoms with Gasteiger partial charge in [-0.3, -0.25) is 4.79 Å². The van der Waals surface area contributed by atoms with Crippen LogP contribution in [0.1, 0.15) is 41.1 Å². The van der Waals surface area contributed by atoms with Gasteiger partial charge in [0.15, 0.2) is 0 Å². The van der Waals surface area contributed by atoms with Crippen molar-refractivity contribution in [2.45, 2.75) is 33.1 Å². The molecule has 1 aromatic rings. The number of piperidine rings is 1. The molecular weight excluding hydrogens is 330 g/mol. The molecular formula is C16H25N3O4S. The fourth-order valence-corrected chi connectivity index (χ4v) is 5.07. The SMILES string of the molecule is Cc1cc(C(=O)N2CCN(S(=O)(=O)N3CCCCC3)CC2)c(C)o1. The van der Waals surface area contributed by atoms with Crippen molar-refractivity contribution in [3.63, 3.8) is 0 Å². The van der Waals surface area contributed by atoms with Gasteiger partial charge in [0.2, 0.25) is 0 Å². The van der Waals surface area contributed by atoms with Crippen LogP contribution in [0.2, 0.25) is 0 Å². The summed E-state index contributed by atoms with van der Waals surface area (Å²) in [5, 5.41) is 0. The third kappa shape index (κ3) is 3.36. The molecule has 2 aliphatic rings. The predicted octanol–water partition coefficient (Wildman–Crippen LogP) is 1.38. The average Bonchev–Trinajstić information content (AvgIpc) is 2.93. The number of amides is 1. The van der Waals surface area contributed by atoms with Gasteiger partial charge in [0.05, 0.1) is 5.56 Å². The molecule has 1 aromatic heterocycles. The van der Waals surface area contributed by atoms with Crippen LogP contribution in [-0.2, 0) is 10.2 Å². The molecule has 0 N–H and O–H groups in total. The van der Waals surface area contributed by atoms with Crippen LogP contribution in [0, 0.1) is 13.8 Å². The molecule has 0 radical (unpaired) electrons. The van der Waals surface area contributed by atoms with Gasteiger partial charge in [0.25, 0.3) is 16.1 Å². The molecule has 3 heterocycles. The molecule has 0 spiro atoms. The molecule has 2 saturated heterocycles. The third-order valence-electron chi connectivity index (χ3n) is 4.76. The van der Waals surface area contributed by atoms with E-state index in [1.54, 1.807) is 22.2 Å². The highest BCUT2D eigenvalue weighted by atomic mass is 32.2. The van der Waals surface area contributed by atoms with Crippen molar-refractivity contribution in [2.24, 2.45) is 0 Å². The van der Waals surface area contributed by atoms with Gasteiger partial charge in [-0.25, -0.2) is 0 Å². The topological polar surface area (TPSA) is 74.1 Å². The highest BCUT2D eigenvalue weighted by molar-refractivity contribution is 7.86. The van der Waals surface area contributed by atoms with Gasteiger partial charge in [-0.1, -0.05) is 6.42 Å². The summed E-state index contributed by atoms with van der Waals surface area (Å²) in [5.74, 6) is 1.24. The Morgan fingerprint density at radius 3 is 2.08 bits per heavy atom. The first-order chi connectivity index (χ1) is 11.4. The van der Waals surface area contributed by atoms with Crippen molar-refractivity contribution in [1.29, 1.82) is 0 Å². The Morgan fingerprint density at radius 1 is 0.958 bits per heavy atom. The average molecular weight is 355 g/mol. The lowest BCUT2D eigenvalue weighted by Crippen LogP contribution is -2.54. The van der Waals surface area contributed by atoms with Crippen molar-refractivity contribution >= 4 is 16.1 Å². The van der Waals surface area contributed by atoms with Crippen LogP contribution in [0.15, 0.2) is 10.5 Å². The third-order valence-corrected chi connectivity index (χ3v) is 6.80. The first-order valence-electron chi connectivity index (χ1n) is 8.51. The lowest BCUT2D eigenvalue weighted by atomic mass is 10.2. The van der Waals surface area contributed by atoms with Gasteiger partial charge < -0.3 is 9.32 Å². The molecule has 2 fully saturated rings. The van der Waals surface area contributed by atoms with E-state index < -0.39 is 10.2 Å². The number of aryl methyl sites for hydroxylation is 2. The van der Waals surface area contributed by atoms with E-state index in [1.807, 2.05) is 6.92 Å². The van der Waals surface area contributed by atoms with Crippen LogP contribution in [0.5, 0.6) is 0 Å². The second-order valence-corrected chi connectivity index (χ2v) is 8.41. The van der Waals surface area contributed by atoms with Crippen molar-refractivity contribution in [2.75, 3.05) is 39.3 Å². The monoisotopic (exact) mass is 355 g/mol. The first kappa shape index (κ1) is 17.4. The smallest absolute Gasteiger partial charge is 0.282 e. The Labute approximate surface area is 143 Å². The number of carbonyl (C=O) groups is 1. The van der Waals surface area contributed by atoms with E-state index in [0.717, 1.165) is 19.3 Å². The maximum atomic E-state index is 12.7. The van der Waals surface area contributed by atoms with E-state index in [4.69, 9.17) is 4.42 Å². The van der Waals surface area contributed by atoms with E-state index >= 15 is 0 Å². The van der Waals surface area contributed by atoms with Gasteiger partial charge in [-0.05, 0) is 32.8 Å². The van der Waals surface area contributed by atoms with Gasteiger partial charge in [0.1, 0.15) is 11.5 Å². The Morgan fingerprint density at radius 2 is 1.54 bits per heavy atom. The normalized spacial score (nSPS) is 21.2. The Balaban J connectivity index is 1.63. The van der Waals surface area contributed by atoms with Crippen LogP contribution in [-0.4, -0.2) is 67.1 Å². The zero-order valence-corrected chi connectivity index (χ0v) is 15.1. The van der Waals surface area contributed by atoms with Crippen LogP contribution in [0.4, 0.5) is 0 Å². The quantitative estimate of drug-likeness (QED) is 0.821. The van der Waals surface area contributed by atoms with Gasteiger partial charge in [-0.15, -0.1) is 0 Å². The molecule has 8 heteroatoms. The number of furan rings is 1. The van der Waals surface area contributed by atoms with E-state index in [-0.39, 0.29) is 5.91 Å². The lowest BCUT2D eigenvalue weighted by molar-refractivity contribution is 0.0691. The standard InChI is InChI=1S/C16H25N3O4S/c1-13-12-15(14(2)23-13)16(20)17-8-10-19(11-9-17)24(21,22)18-6-4-3-5-7-18/h12H,3-11H2,1-2H3. The minimum Gasteiger partial charge on any atom is -0.466 e. The van der Waals surface area contributed by atoms with Gasteiger partial charge in [0, 0.05) is 39.3 Å². The fourth-order valence-electron chi connectivity index (χ4n) is 3.39. The second kappa shape index (κ2) is 6.85. The number of nitrogens with zero attached hydrogens (tertiary/aromatic N) is 3. The minimum absolute atomic E-state index is 0.0839. The molecule has 0 atom stereocenters. The van der Waals surface area contributed by atoms with Gasteiger partial charge >= 0.3 is 0 Å². The molecule has 2 aliphatic heterocycles. The Kier molecular flexibility index (Phi) is 4.98. The lowest BCUT2D eigenvalue weighted by Gasteiger charge is -2.37. The maximum absolute atomic E-state index is 12.7. The summed E-state index contributed by atoms with van der Waals surface area (Å²) in [7, 11) is -3.39. The summed E-state index contributed by atoms with van der Waals surface area (Å²) in [5.41, 5.74) is 0.569. The summed E-state index contributed by atoms with van der Waals surface area (Å²) < 4.78 is 33.9. The largest absolute Gasteiger partial charge is 0.466 e. The maximum Gasteiger partial charge on any atom is 0.282 e. The highest BCUT2D eigenvalue weighted by Gasteiger charge is 2.34. The van der Waals surface area contributed by atoms with E-state index in [0.29, 0.717) is 56.4 Å². The van der Waals surface area contributed by atoms with Crippen molar-refractivity contribution in [3.8, 4) is 0 Å². The summed E-state index contributed by atoms with van der Waals surface area (Å²) in [6.07, 6.45) is 2.95. The van der Waals surface area contributed by atoms with Crippen LogP contribution < -0.4 is 0 Å². The number of rotatable bonds is 3. The van der Waals surface area contributed by atoms with E-state index in [9.17, 15) is 13.2 Å². The molecule has 0 unspecified atom stereocenters. The van der Waals surface area contributed by atoms with E-state index in [2.05, 4.69) is 0 Å². The molecule has 1 amide bonds. The summed E-state index contributed by atoms with van der Waals surface area (Å²) in [4.78, 5) is 14.3. The molecule has 3 rings (SSSR count). The second-order valence-electron chi connectivity index (χ2n) is 6.49. The molecule has 0 aromatic carbocycles. The number of hydrogen-bond donors (Lipinski definition) is 0. The zero-order chi connectivity index (χ0) is 17.3. The van der Waals surface area contributed by atoms with E-state index in [1.165, 1.54) is 4.31 Å². The van der Waals surface area contributed by atoms with Crippen LogP contribution >= 0.6 is 0 Å². The Hall–Kier alpha value is -1.38. The van der Waals surface area contributed by atoms with Gasteiger partial charge in [-0.2, -0.15) is 17.0 Å². The van der Waals surface area contributed by atoms with Crippen molar-refractivity contribution in [3.05, 3.63) is 23.2 Å². The number of hydrogen-bond acceptors (Lipinski definition) is 4. The molecule has 7 nitrogen and oxygen atoms in total. The number of piperazine rings is 1. The predicted molar refractivity (Wildman–Crippen MR) is 90.0 cm³/mol. The molecule has 0 aliphatic carbocycles. The van der Waals surface area contributed by atoms with Crippen LogP contribution in [0.25, 0.3) is 0 Å². The molecule has 0 saturated carbocycles. The molecule has 134 valence electrons. The summed E-state index contributed by atoms with van der Waals surface area (Å²) >= 11 is 0. The van der Waals surface area contributed by atoms with Crippen molar-refractivity contribution < 1.29 is 17.6 Å². The zero-order valence-electron chi connectivity index (χ0n) is 14.3. The molecule has 0 bridgehead atoms. The fraction of sp³-hybridized carbons (Fsp3) is 0.688.